The van der Waals surface area contributed by atoms with E-state index >= 15 is 0 Å². The first-order valence-corrected chi connectivity index (χ1v) is 12.9. The largest absolute Gasteiger partial charge is 0.479 e. The van der Waals surface area contributed by atoms with Gasteiger partial charge >= 0.3 is 11.9 Å². The number of nitrogens with two attached hydrogens (primary N) is 1. The van der Waals surface area contributed by atoms with Gasteiger partial charge in [0.2, 0.25) is 12.5 Å². The number of amides is 3. The van der Waals surface area contributed by atoms with Crippen molar-refractivity contribution in [2.45, 2.75) is 18.3 Å². The summed E-state index contributed by atoms with van der Waals surface area (Å²) >= 11 is 3.26. The van der Waals surface area contributed by atoms with E-state index in [-0.39, 0.29) is 28.2 Å². The van der Waals surface area contributed by atoms with Crippen LogP contribution in [0.5, 0.6) is 0 Å². The van der Waals surface area contributed by atoms with E-state index in [4.69, 9.17) is 10.8 Å². The number of oxime groups is 1. The van der Waals surface area contributed by atoms with E-state index in [2.05, 4.69) is 25.6 Å². The third-order valence-electron chi connectivity index (χ3n) is 4.53. The topological polar surface area (TPSA) is 214 Å². The van der Waals surface area contributed by atoms with Gasteiger partial charge in [-0.25, -0.2) is 14.6 Å². The Bertz CT molecular complexity index is 1180. The molecule has 3 amide bonds. The van der Waals surface area contributed by atoms with Gasteiger partial charge < -0.3 is 31.4 Å². The first-order valence-electron chi connectivity index (χ1n) is 10.1. The standard InChI is InChI=1S/C19H20N6O8S3/c1-2-21-10(26)3-4-34-9-7-35-17-13(16(30)25(17)14(9)18(31)32)23-15(29)12(24-33-5-11(27)28)8-6-36-19(20)22-8/h3-4,6,13,17H,2,5,7H2,1H3,(H2,20,22)(H,21,26)(H,23,29)(H,27,28)(H,31,32)/b4-3-,24-12-/t13-,17-/m1/s1. The summed E-state index contributed by atoms with van der Waals surface area (Å²) < 4.78 is 0. The van der Waals surface area contributed by atoms with Crippen LogP contribution in [0.15, 0.2) is 32.6 Å². The van der Waals surface area contributed by atoms with Gasteiger partial charge in [0.15, 0.2) is 10.8 Å². The molecule has 1 fully saturated rings. The molecule has 3 rings (SSSR count). The van der Waals surface area contributed by atoms with Crippen LogP contribution in [0.4, 0.5) is 5.13 Å². The van der Waals surface area contributed by atoms with Crippen LogP contribution in [0.3, 0.4) is 0 Å². The number of aliphatic carboxylic acids is 2. The van der Waals surface area contributed by atoms with Gasteiger partial charge in [-0.1, -0.05) is 16.9 Å². The molecule has 36 heavy (non-hydrogen) atoms. The van der Waals surface area contributed by atoms with Crippen LogP contribution in [0.25, 0.3) is 0 Å². The Balaban J connectivity index is 1.75. The molecule has 0 bridgehead atoms. The Morgan fingerprint density at radius 3 is 2.75 bits per heavy atom. The van der Waals surface area contributed by atoms with Gasteiger partial charge in [-0.15, -0.1) is 23.1 Å². The van der Waals surface area contributed by atoms with Crippen molar-refractivity contribution in [3.05, 3.63) is 33.2 Å². The minimum atomic E-state index is -1.32. The maximum Gasteiger partial charge on any atom is 0.353 e. The maximum absolute atomic E-state index is 12.9. The number of likely N-dealkylation sites (N-methyl/N-ethyl adjacent to an activating group) is 1. The number of carbonyl (C=O) groups is 5. The Kier molecular flexibility index (Phi) is 8.94. The molecular weight excluding hydrogens is 536 g/mol. The minimum absolute atomic E-state index is 0.0176. The SMILES string of the molecule is CCNC(=O)/C=C\SC1=C(C(=O)O)N2C(=O)[C@@H](NC(=O)/C(=N\OCC(=O)O)c3csc(N)n3)[C@H]2SC1. The fourth-order valence-electron chi connectivity index (χ4n) is 3.05. The lowest BCUT2D eigenvalue weighted by Gasteiger charge is -2.49. The molecule has 6 N–H and O–H groups in total. The highest BCUT2D eigenvalue weighted by Gasteiger charge is 2.54. The number of aromatic nitrogens is 1. The highest BCUT2D eigenvalue weighted by Crippen LogP contribution is 2.43. The van der Waals surface area contributed by atoms with E-state index < -0.39 is 47.5 Å². The molecule has 0 unspecified atom stereocenters. The lowest BCUT2D eigenvalue weighted by Crippen LogP contribution is -2.71. The summed E-state index contributed by atoms with van der Waals surface area (Å²) in [6.07, 6.45) is 1.26. The van der Waals surface area contributed by atoms with E-state index in [0.29, 0.717) is 11.4 Å². The molecule has 1 aromatic rings. The zero-order chi connectivity index (χ0) is 26.4. The molecule has 0 aliphatic carbocycles. The number of fused-ring (bicyclic) bond motifs is 1. The molecule has 1 saturated heterocycles. The highest BCUT2D eigenvalue weighted by atomic mass is 32.2. The summed E-state index contributed by atoms with van der Waals surface area (Å²) in [5.41, 5.74) is 4.99. The average Bonchev–Trinajstić information content (AvgIpc) is 3.25. The van der Waals surface area contributed by atoms with Gasteiger partial charge in [0.05, 0.1) is 0 Å². The number of hydrogen-bond acceptors (Lipinski definition) is 12. The second kappa shape index (κ2) is 11.9. The van der Waals surface area contributed by atoms with E-state index in [1.165, 1.54) is 28.6 Å². The van der Waals surface area contributed by atoms with Crippen molar-refractivity contribution in [2.75, 3.05) is 24.6 Å². The summed E-state index contributed by atoms with van der Waals surface area (Å²) in [5, 5.41) is 29.3. The average molecular weight is 557 g/mol. The van der Waals surface area contributed by atoms with E-state index in [1.54, 1.807) is 6.92 Å². The first kappa shape index (κ1) is 27.0. The van der Waals surface area contributed by atoms with Crippen molar-refractivity contribution in [1.29, 1.82) is 0 Å². The van der Waals surface area contributed by atoms with Crippen molar-refractivity contribution < 1.29 is 39.0 Å². The molecule has 2 aliphatic heterocycles. The number of thiazole rings is 1. The van der Waals surface area contributed by atoms with Crippen LogP contribution in [0.1, 0.15) is 12.6 Å². The van der Waals surface area contributed by atoms with Crippen LogP contribution >= 0.6 is 34.9 Å². The lowest BCUT2D eigenvalue weighted by atomic mass is 10.0. The minimum Gasteiger partial charge on any atom is -0.479 e. The second-order valence-corrected chi connectivity index (χ2v) is 9.93. The summed E-state index contributed by atoms with van der Waals surface area (Å²) in [4.78, 5) is 70.0. The quantitative estimate of drug-likeness (QED) is 0.102. The molecule has 0 radical (unpaired) electrons. The molecular formula is C19H20N6O8S3. The summed E-state index contributed by atoms with van der Waals surface area (Å²) in [6, 6.07) is -1.07. The maximum atomic E-state index is 12.9. The van der Waals surface area contributed by atoms with Crippen LogP contribution in [0.2, 0.25) is 0 Å². The third-order valence-corrected chi connectivity index (χ3v) is 7.56. The number of nitrogens with one attached hydrogen (secondary N) is 2. The molecule has 2 aliphatic rings. The number of carboxylic acids is 2. The van der Waals surface area contributed by atoms with Crippen LogP contribution < -0.4 is 16.4 Å². The summed E-state index contributed by atoms with van der Waals surface area (Å²) in [6.45, 7) is 1.39. The number of β-lactam (4-membered cyclic amide) rings is 1. The first-order chi connectivity index (χ1) is 17.1. The van der Waals surface area contributed by atoms with Gasteiger partial charge in [-0.05, 0) is 12.3 Å². The van der Waals surface area contributed by atoms with Crippen molar-refractivity contribution in [1.82, 2.24) is 20.5 Å². The Labute approximate surface area is 216 Å². The van der Waals surface area contributed by atoms with E-state index in [9.17, 15) is 29.1 Å². The lowest BCUT2D eigenvalue weighted by molar-refractivity contribution is -0.150. The van der Waals surface area contributed by atoms with Crippen LogP contribution in [-0.4, -0.2) is 85.8 Å². The fraction of sp³-hybridized carbons (Fsp3) is 0.316. The van der Waals surface area contributed by atoms with Crippen LogP contribution in [0, 0.1) is 0 Å². The number of nitrogens with zero attached hydrogens (tertiary/aromatic N) is 3. The molecule has 3 heterocycles. The van der Waals surface area contributed by atoms with Crippen molar-refractivity contribution in [2.24, 2.45) is 5.16 Å². The van der Waals surface area contributed by atoms with Gasteiger partial charge in [0.25, 0.3) is 11.8 Å². The number of carbonyl (C=O) groups excluding carboxylic acids is 3. The zero-order valence-corrected chi connectivity index (χ0v) is 20.9. The number of rotatable bonds is 11. The van der Waals surface area contributed by atoms with Crippen molar-refractivity contribution in [3.63, 3.8) is 0 Å². The molecule has 17 heteroatoms. The summed E-state index contributed by atoms with van der Waals surface area (Å²) in [5.74, 6) is -4.30. The van der Waals surface area contributed by atoms with Gasteiger partial charge in [0.1, 0.15) is 22.8 Å². The zero-order valence-electron chi connectivity index (χ0n) is 18.5. The Hall–Kier alpha value is -3.57. The molecule has 0 spiro atoms. The normalized spacial score (nSPS) is 19.5. The van der Waals surface area contributed by atoms with Crippen molar-refractivity contribution >= 4 is 75.4 Å². The molecule has 0 saturated carbocycles. The second-order valence-electron chi connectivity index (χ2n) is 6.93. The van der Waals surface area contributed by atoms with E-state index in [0.717, 1.165) is 28.0 Å². The van der Waals surface area contributed by atoms with Crippen LogP contribution in [-0.2, 0) is 28.8 Å². The smallest absolute Gasteiger partial charge is 0.353 e. The molecule has 192 valence electrons. The predicted octanol–water partition coefficient (Wildman–Crippen LogP) is -0.390. The molecule has 1 aromatic heterocycles. The Morgan fingerprint density at radius 1 is 1.39 bits per heavy atom. The Morgan fingerprint density at radius 2 is 2.14 bits per heavy atom. The molecule has 2 atom stereocenters. The number of thioether (sulfide) groups is 2. The highest BCUT2D eigenvalue weighted by molar-refractivity contribution is 8.08. The third kappa shape index (κ3) is 6.16. The number of hydrogen-bond donors (Lipinski definition) is 5. The predicted molar refractivity (Wildman–Crippen MR) is 132 cm³/mol. The summed E-state index contributed by atoms with van der Waals surface area (Å²) in [7, 11) is 0. The molecule has 0 aromatic carbocycles. The monoisotopic (exact) mass is 556 g/mol. The number of carboxylic acid groups (broad SMARTS) is 2. The number of nitrogen functional groups attached to an aromatic ring is 1. The van der Waals surface area contributed by atoms with Gasteiger partial charge in [0, 0.05) is 28.7 Å². The van der Waals surface area contributed by atoms with Gasteiger partial charge in [-0.2, -0.15) is 0 Å². The number of anilines is 1. The van der Waals surface area contributed by atoms with Gasteiger partial charge in [-0.3, -0.25) is 19.3 Å². The fourth-order valence-corrected chi connectivity index (χ4v) is 5.93. The van der Waals surface area contributed by atoms with E-state index in [1.807, 2.05) is 0 Å². The molecule has 14 nitrogen and oxygen atoms in total. The van der Waals surface area contributed by atoms with Crippen molar-refractivity contribution in [3.8, 4) is 0 Å².